The van der Waals surface area contributed by atoms with Crippen molar-refractivity contribution in [2.75, 3.05) is 13.1 Å². The van der Waals surface area contributed by atoms with Gasteiger partial charge < -0.3 is 10.2 Å². The van der Waals surface area contributed by atoms with Gasteiger partial charge >= 0.3 is 0 Å². The number of nitrogens with one attached hydrogen (secondary N) is 1. The molecule has 2 aromatic heterocycles. The number of carbonyl (C=O) groups is 2. The van der Waals surface area contributed by atoms with Gasteiger partial charge in [-0.05, 0) is 31.7 Å². The largest absolute Gasteiger partial charge is 0.342 e. The standard InChI is InChI=1S/C22H23N5O2S/c1-15-23-12-17(13-24-15)20(28)25-18(11-16-7-3-2-4-8-16)21-26-19(14-30-21)22(29)27-9-5-6-10-27/h2-4,7-8,12-14,18H,5-6,9-11H2,1H3,(H,25,28)/t18-/m1/s1. The summed E-state index contributed by atoms with van der Waals surface area (Å²) in [5, 5.41) is 5.54. The molecule has 0 aliphatic carbocycles. The molecule has 1 aliphatic heterocycles. The Balaban J connectivity index is 1.56. The maximum atomic E-state index is 12.8. The summed E-state index contributed by atoms with van der Waals surface area (Å²) in [4.78, 5) is 40.1. The molecular formula is C22H23N5O2S. The van der Waals surface area contributed by atoms with Gasteiger partial charge in [0, 0.05) is 30.9 Å². The van der Waals surface area contributed by atoms with Crippen molar-refractivity contribution in [3.63, 3.8) is 0 Å². The third kappa shape index (κ3) is 4.71. The van der Waals surface area contributed by atoms with Crippen molar-refractivity contribution in [2.24, 2.45) is 0 Å². The minimum Gasteiger partial charge on any atom is -0.342 e. The van der Waals surface area contributed by atoms with Gasteiger partial charge in [-0.3, -0.25) is 9.59 Å². The zero-order valence-electron chi connectivity index (χ0n) is 16.7. The van der Waals surface area contributed by atoms with Gasteiger partial charge in [-0.1, -0.05) is 30.3 Å². The molecule has 4 rings (SSSR count). The van der Waals surface area contributed by atoms with E-state index in [1.807, 2.05) is 35.2 Å². The van der Waals surface area contributed by atoms with Gasteiger partial charge in [0.05, 0.1) is 11.6 Å². The Morgan fingerprint density at radius 3 is 2.53 bits per heavy atom. The lowest BCUT2D eigenvalue weighted by molar-refractivity contribution is 0.0787. The average Bonchev–Trinajstić information content (AvgIpc) is 3.46. The highest BCUT2D eigenvalue weighted by atomic mass is 32.1. The van der Waals surface area contributed by atoms with Gasteiger partial charge in [-0.25, -0.2) is 15.0 Å². The molecule has 30 heavy (non-hydrogen) atoms. The smallest absolute Gasteiger partial charge is 0.273 e. The van der Waals surface area contributed by atoms with Crippen LogP contribution in [0.15, 0.2) is 48.1 Å². The molecule has 0 bridgehead atoms. The van der Waals surface area contributed by atoms with Crippen LogP contribution in [0.5, 0.6) is 0 Å². The number of thiazole rings is 1. The minimum atomic E-state index is -0.355. The van der Waals surface area contributed by atoms with Crippen molar-refractivity contribution in [2.45, 2.75) is 32.2 Å². The number of benzene rings is 1. The maximum absolute atomic E-state index is 12.8. The van der Waals surface area contributed by atoms with E-state index in [1.165, 1.54) is 23.7 Å². The number of likely N-dealkylation sites (tertiary alicyclic amines) is 1. The van der Waals surface area contributed by atoms with Crippen LogP contribution in [0.25, 0.3) is 0 Å². The molecule has 1 N–H and O–H groups in total. The number of rotatable bonds is 6. The van der Waals surface area contributed by atoms with E-state index in [2.05, 4.69) is 20.3 Å². The molecule has 0 spiro atoms. The fourth-order valence-corrected chi connectivity index (χ4v) is 4.27. The summed E-state index contributed by atoms with van der Waals surface area (Å²) in [6.45, 7) is 3.33. The van der Waals surface area contributed by atoms with Gasteiger partial charge in [0.1, 0.15) is 16.5 Å². The summed E-state index contributed by atoms with van der Waals surface area (Å²) in [5.74, 6) is 0.308. The Hall–Kier alpha value is -3.13. The third-order valence-electron chi connectivity index (χ3n) is 5.06. The van der Waals surface area contributed by atoms with Crippen molar-refractivity contribution in [3.8, 4) is 0 Å². The van der Waals surface area contributed by atoms with Crippen molar-refractivity contribution in [3.05, 3.63) is 75.8 Å². The first kappa shape index (κ1) is 20.2. The van der Waals surface area contributed by atoms with E-state index in [1.54, 1.807) is 12.3 Å². The molecule has 1 saturated heterocycles. The number of nitrogens with zero attached hydrogens (tertiary/aromatic N) is 4. The summed E-state index contributed by atoms with van der Waals surface area (Å²) >= 11 is 1.40. The first-order chi connectivity index (χ1) is 14.6. The fraction of sp³-hybridized carbons (Fsp3) is 0.318. The third-order valence-corrected chi connectivity index (χ3v) is 6.02. The van der Waals surface area contributed by atoms with Crippen molar-refractivity contribution in [1.82, 2.24) is 25.2 Å². The number of aromatic nitrogens is 3. The van der Waals surface area contributed by atoms with Crippen molar-refractivity contribution < 1.29 is 9.59 Å². The molecule has 1 atom stereocenters. The van der Waals surface area contributed by atoms with Gasteiger partial charge in [0.15, 0.2) is 0 Å². The molecule has 3 heterocycles. The number of amides is 2. The molecule has 2 amide bonds. The lowest BCUT2D eigenvalue weighted by Gasteiger charge is -2.17. The Morgan fingerprint density at radius 2 is 1.83 bits per heavy atom. The summed E-state index contributed by atoms with van der Waals surface area (Å²) in [6, 6.07) is 9.55. The molecule has 1 aromatic carbocycles. The van der Waals surface area contributed by atoms with E-state index < -0.39 is 0 Å². The van der Waals surface area contributed by atoms with Crippen LogP contribution < -0.4 is 5.32 Å². The van der Waals surface area contributed by atoms with Crippen LogP contribution in [0.4, 0.5) is 0 Å². The topological polar surface area (TPSA) is 88.1 Å². The quantitative estimate of drug-likeness (QED) is 0.660. The zero-order valence-corrected chi connectivity index (χ0v) is 17.6. The molecule has 8 heteroatoms. The molecule has 1 aliphatic rings. The van der Waals surface area contributed by atoms with Gasteiger partial charge in [0.2, 0.25) is 0 Å². The lowest BCUT2D eigenvalue weighted by atomic mass is 10.1. The second-order valence-corrected chi connectivity index (χ2v) is 8.19. The van der Waals surface area contributed by atoms with Crippen molar-refractivity contribution in [1.29, 1.82) is 0 Å². The summed E-state index contributed by atoms with van der Waals surface area (Å²) in [7, 11) is 0. The molecule has 3 aromatic rings. The van der Waals surface area contributed by atoms with Crippen LogP contribution in [0.1, 0.15) is 56.1 Å². The Kier molecular flexibility index (Phi) is 6.13. The van der Waals surface area contributed by atoms with Crippen LogP contribution in [0, 0.1) is 6.92 Å². The molecule has 0 unspecified atom stereocenters. The predicted molar refractivity (Wildman–Crippen MR) is 114 cm³/mol. The van der Waals surface area contributed by atoms with Gasteiger partial charge in [0.25, 0.3) is 11.8 Å². The predicted octanol–water partition coefficient (Wildman–Crippen LogP) is 3.19. The van der Waals surface area contributed by atoms with E-state index in [9.17, 15) is 9.59 Å². The van der Waals surface area contributed by atoms with Crippen LogP contribution in [-0.4, -0.2) is 44.8 Å². The van der Waals surface area contributed by atoms with E-state index in [0.717, 1.165) is 31.5 Å². The highest BCUT2D eigenvalue weighted by molar-refractivity contribution is 7.09. The van der Waals surface area contributed by atoms with Crippen LogP contribution in [0.2, 0.25) is 0 Å². The van der Waals surface area contributed by atoms with Gasteiger partial charge in [-0.15, -0.1) is 11.3 Å². The molecule has 1 fully saturated rings. The highest BCUT2D eigenvalue weighted by Crippen LogP contribution is 2.24. The SMILES string of the molecule is Cc1ncc(C(=O)N[C@H](Cc2ccccc2)c2nc(C(=O)N3CCCC3)cs2)cn1. The number of carbonyl (C=O) groups excluding carboxylic acids is 2. The first-order valence-electron chi connectivity index (χ1n) is 9.98. The summed E-state index contributed by atoms with van der Waals surface area (Å²) < 4.78 is 0. The fourth-order valence-electron chi connectivity index (χ4n) is 3.43. The minimum absolute atomic E-state index is 0.0354. The van der Waals surface area contributed by atoms with E-state index in [0.29, 0.717) is 28.5 Å². The molecule has 0 saturated carbocycles. The Bertz CT molecular complexity index is 1010. The summed E-state index contributed by atoms with van der Waals surface area (Å²) in [6.07, 6.45) is 5.68. The molecule has 0 radical (unpaired) electrons. The first-order valence-corrected chi connectivity index (χ1v) is 10.9. The van der Waals surface area contributed by atoms with Crippen molar-refractivity contribution >= 4 is 23.2 Å². The number of aryl methyl sites for hydroxylation is 1. The Morgan fingerprint density at radius 1 is 1.13 bits per heavy atom. The molecular weight excluding hydrogens is 398 g/mol. The summed E-state index contributed by atoms with van der Waals surface area (Å²) in [5.41, 5.74) is 1.91. The maximum Gasteiger partial charge on any atom is 0.273 e. The van der Waals surface area contributed by atoms with E-state index in [4.69, 9.17) is 0 Å². The highest BCUT2D eigenvalue weighted by Gasteiger charge is 2.25. The zero-order chi connectivity index (χ0) is 20.9. The average molecular weight is 422 g/mol. The normalized spacial score (nSPS) is 14.5. The van der Waals surface area contributed by atoms with Crippen LogP contribution in [0.3, 0.4) is 0 Å². The van der Waals surface area contributed by atoms with E-state index >= 15 is 0 Å². The van der Waals surface area contributed by atoms with Crippen LogP contribution in [-0.2, 0) is 6.42 Å². The lowest BCUT2D eigenvalue weighted by Crippen LogP contribution is -2.31. The second-order valence-electron chi connectivity index (χ2n) is 7.31. The Labute approximate surface area is 179 Å². The number of hydrogen-bond donors (Lipinski definition) is 1. The van der Waals surface area contributed by atoms with E-state index in [-0.39, 0.29) is 17.9 Å². The molecule has 7 nitrogen and oxygen atoms in total. The molecule has 154 valence electrons. The number of hydrogen-bond acceptors (Lipinski definition) is 6. The van der Waals surface area contributed by atoms with Gasteiger partial charge in [-0.2, -0.15) is 0 Å². The monoisotopic (exact) mass is 421 g/mol. The van der Waals surface area contributed by atoms with Crippen LogP contribution >= 0.6 is 11.3 Å². The second kappa shape index (κ2) is 9.13.